The SMILES string of the molecule is O=C([O-])CCCCCCCCCCCCCCCCCCCCCCC(F)(F)C(F)(F)C(F)(F)C(F)(F)F.O=C([O-])CCCCCCCCCCCCCCCCCCCCCCC(F)(F)C(F)(F)C(F)(F)C(F)(F)F.[Cd+2]. The van der Waals surface area contributed by atoms with Crippen LogP contribution in [-0.2, 0) is 36.9 Å². The van der Waals surface area contributed by atoms with E-state index in [4.69, 9.17) is 0 Å². The zero-order chi connectivity index (χ0) is 58.3. The summed E-state index contributed by atoms with van der Waals surface area (Å²) in [6.45, 7) is 0. The van der Waals surface area contributed by atoms with Crippen molar-refractivity contribution in [2.45, 2.75) is 330 Å². The van der Waals surface area contributed by atoms with E-state index < -0.39 is 85.5 Å². The first kappa shape index (κ1) is 79.8. The molecule has 0 aromatic heterocycles. The van der Waals surface area contributed by atoms with Gasteiger partial charge in [0.2, 0.25) is 0 Å². The van der Waals surface area contributed by atoms with Crippen LogP contribution in [-0.4, -0.2) is 59.8 Å². The van der Waals surface area contributed by atoms with Gasteiger partial charge >= 0.3 is 75.2 Å². The summed E-state index contributed by atoms with van der Waals surface area (Å²) in [4.78, 5) is 20.6. The number of rotatable bonds is 50. The predicted octanol–water partition coefficient (Wildman–Crippen LogP) is 19.6. The van der Waals surface area contributed by atoms with E-state index in [0.717, 1.165) is 103 Å². The van der Waals surface area contributed by atoms with Gasteiger partial charge in [0.15, 0.2) is 0 Å². The van der Waals surface area contributed by atoms with Crippen LogP contribution in [0.3, 0.4) is 0 Å². The topological polar surface area (TPSA) is 80.3 Å². The van der Waals surface area contributed by atoms with Crippen LogP contribution in [0, 0.1) is 0 Å². The Balaban J connectivity index is -0.00000140. The normalized spacial score (nSPS) is 13.1. The Bertz CT molecular complexity index is 1330. The standard InChI is InChI=1S/2C27H45F9O2.Cd/c2*28-24(29,25(30,31)26(32,33)27(34,35)36)22-20-18-16-14-12-10-8-6-4-2-1-3-5-7-9-11-13-15-17-19-21-23(37)38;/h2*1-22H2,(H,37,38);/q;;+2/p-2. The summed E-state index contributed by atoms with van der Waals surface area (Å²) in [5.74, 6) is -39.4. The summed E-state index contributed by atoms with van der Waals surface area (Å²) in [6, 6.07) is 0. The summed E-state index contributed by atoms with van der Waals surface area (Å²) in [6.07, 6.45) is 19.2. The summed E-state index contributed by atoms with van der Waals surface area (Å²) >= 11 is 0. The van der Waals surface area contributed by atoms with Gasteiger partial charge in [-0.05, 0) is 38.5 Å². The van der Waals surface area contributed by atoms with Crippen LogP contribution in [0.5, 0.6) is 0 Å². The molecule has 0 rings (SSSR count). The smallest absolute Gasteiger partial charge is 0.550 e. The fourth-order valence-electron chi connectivity index (χ4n) is 8.73. The van der Waals surface area contributed by atoms with Gasteiger partial charge in [0.1, 0.15) is 0 Å². The molecule has 0 unspecified atom stereocenters. The maximum absolute atomic E-state index is 13.4. The zero-order valence-electron chi connectivity index (χ0n) is 45.3. The summed E-state index contributed by atoms with van der Waals surface area (Å²) in [5.41, 5.74) is 0. The molecule has 0 atom stereocenters. The van der Waals surface area contributed by atoms with Crippen LogP contribution < -0.4 is 10.2 Å². The fraction of sp³-hybridized carbons (Fsp3) is 0.963. The number of hydrogen-bond donors (Lipinski definition) is 0. The predicted molar refractivity (Wildman–Crippen MR) is 255 cm³/mol. The van der Waals surface area contributed by atoms with E-state index in [-0.39, 0.29) is 53.0 Å². The minimum Gasteiger partial charge on any atom is -0.550 e. The Morgan fingerprint density at radius 2 is 0.351 bits per heavy atom. The van der Waals surface area contributed by atoms with Crippen molar-refractivity contribution in [3.05, 3.63) is 0 Å². The van der Waals surface area contributed by atoms with Gasteiger partial charge in [0, 0.05) is 24.8 Å². The van der Waals surface area contributed by atoms with Gasteiger partial charge in [-0.15, -0.1) is 0 Å². The molecule has 0 fully saturated rings. The van der Waals surface area contributed by atoms with E-state index in [2.05, 4.69) is 0 Å². The molecule has 0 aliphatic carbocycles. The van der Waals surface area contributed by atoms with Crippen molar-refractivity contribution < 1.29 is 126 Å². The Morgan fingerprint density at radius 1 is 0.221 bits per heavy atom. The number of carbonyl (C=O) groups excluding carboxylic acids is 2. The third-order valence-corrected chi connectivity index (χ3v) is 13.7. The van der Waals surface area contributed by atoms with Gasteiger partial charge in [-0.2, -0.15) is 79.0 Å². The van der Waals surface area contributed by atoms with Gasteiger partial charge in [-0.3, -0.25) is 0 Å². The molecule has 0 spiro atoms. The number of hydrogen-bond acceptors (Lipinski definition) is 4. The molecular weight excluding hydrogens is 1170 g/mol. The zero-order valence-corrected chi connectivity index (χ0v) is 49.3. The van der Waals surface area contributed by atoms with Crippen LogP contribution in [0.2, 0.25) is 0 Å². The third kappa shape index (κ3) is 35.9. The number of halogens is 18. The van der Waals surface area contributed by atoms with Crippen molar-refractivity contribution in [1.82, 2.24) is 0 Å². The van der Waals surface area contributed by atoms with Crippen molar-refractivity contribution in [1.29, 1.82) is 0 Å². The number of aliphatic carboxylic acids is 2. The largest absolute Gasteiger partial charge is 2.00 e. The number of alkyl halides is 18. The molecule has 0 amide bonds. The molecule has 0 aliphatic rings. The minimum atomic E-state index is -6.80. The van der Waals surface area contributed by atoms with Crippen molar-refractivity contribution >= 4 is 11.9 Å². The summed E-state index contributed by atoms with van der Waals surface area (Å²) in [5, 5.41) is 20.6. The molecule has 0 saturated carbocycles. The van der Waals surface area contributed by atoms with E-state index >= 15 is 0 Å². The van der Waals surface area contributed by atoms with Crippen molar-refractivity contribution in [2.75, 3.05) is 0 Å². The summed E-state index contributed by atoms with van der Waals surface area (Å²) < 4.78 is 230. The molecule has 0 radical (unpaired) electrons. The number of carbonyl (C=O) groups is 2. The van der Waals surface area contributed by atoms with Crippen molar-refractivity contribution in [3.8, 4) is 0 Å². The maximum atomic E-state index is 13.4. The Morgan fingerprint density at radius 3 is 0.481 bits per heavy atom. The molecule has 0 bridgehead atoms. The summed E-state index contributed by atoms with van der Waals surface area (Å²) in [7, 11) is 0. The van der Waals surface area contributed by atoms with Crippen LogP contribution in [0.15, 0.2) is 0 Å². The molecule has 0 aromatic carbocycles. The average Bonchev–Trinajstić information content (AvgIpc) is 3.31. The Kier molecular flexibility index (Phi) is 44.9. The quantitative estimate of drug-likeness (QED) is 0.0345. The third-order valence-electron chi connectivity index (χ3n) is 13.7. The van der Waals surface area contributed by atoms with Crippen molar-refractivity contribution in [2.24, 2.45) is 0 Å². The van der Waals surface area contributed by atoms with Gasteiger partial charge in [0.25, 0.3) is 0 Å². The van der Waals surface area contributed by atoms with Crippen LogP contribution in [0.25, 0.3) is 0 Å². The molecule has 77 heavy (non-hydrogen) atoms. The minimum absolute atomic E-state index is 0. The van der Waals surface area contributed by atoms with E-state index in [0.29, 0.717) is 38.5 Å². The van der Waals surface area contributed by atoms with Gasteiger partial charge in [-0.25, -0.2) is 0 Å². The molecule has 456 valence electrons. The first-order valence-electron chi connectivity index (χ1n) is 28.1. The number of carboxylic acids is 2. The Labute approximate surface area is 466 Å². The van der Waals surface area contributed by atoms with Crippen molar-refractivity contribution in [3.63, 3.8) is 0 Å². The second-order valence-electron chi connectivity index (χ2n) is 20.6. The second kappa shape index (κ2) is 43.3. The van der Waals surface area contributed by atoms with Crippen LogP contribution in [0.4, 0.5) is 79.0 Å². The Hall–Kier alpha value is -1.40. The van der Waals surface area contributed by atoms with E-state index in [9.17, 15) is 98.8 Å². The second-order valence-corrected chi connectivity index (χ2v) is 20.6. The van der Waals surface area contributed by atoms with Gasteiger partial charge in [-0.1, -0.05) is 231 Å². The fourth-order valence-corrected chi connectivity index (χ4v) is 8.73. The molecule has 4 nitrogen and oxygen atoms in total. The molecule has 0 saturated heterocycles. The molecule has 23 heteroatoms. The molecule has 0 heterocycles. The molecule has 0 N–H and O–H groups in total. The molecule has 0 aliphatic heterocycles. The van der Waals surface area contributed by atoms with Gasteiger partial charge < -0.3 is 19.8 Å². The van der Waals surface area contributed by atoms with Gasteiger partial charge in [0.05, 0.1) is 0 Å². The van der Waals surface area contributed by atoms with Crippen LogP contribution in [0.1, 0.15) is 283 Å². The average molecular weight is 1260 g/mol. The number of carboxylic acid groups (broad SMARTS) is 2. The first-order valence-corrected chi connectivity index (χ1v) is 28.1. The maximum Gasteiger partial charge on any atom is 2.00 e. The number of unbranched alkanes of at least 4 members (excludes halogenated alkanes) is 38. The monoisotopic (exact) mass is 1260 g/mol. The molecule has 0 aromatic rings. The van der Waals surface area contributed by atoms with E-state index in [1.54, 1.807) is 0 Å². The van der Waals surface area contributed by atoms with Crippen LogP contribution >= 0.6 is 0 Å². The molecular formula is C54H88CdF18O4. The van der Waals surface area contributed by atoms with E-state index in [1.165, 1.54) is 89.9 Å². The first-order chi connectivity index (χ1) is 35.3. The van der Waals surface area contributed by atoms with E-state index in [1.807, 2.05) is 0 Å².